The van der Waals surface area contributed by atoms with E-state index in [2.05, 4.69) is 17.1 Å². The lowest BCUT2D eigenvalue weighted by molar-refractivity contribution is 0.0812. The van der Waals surface area contributed by atoms with Gasteiger partial charge in [-0.05, 0) is 30.9 Å². The maximum Gasteiger partial charge on any atom is 0.0988 e. The first kappa shape index (κ1) is 13.3. The van der Waals surface area contributed by atoms with Crippen LogP contribution in [-0.2, 0) is 0 Å². The molecule has 1 saturated carbocycles. The van der Waals surface area contributed by atoms with Crippen LogP contribution in [0.4, 0.5) is 0 Å². The van der Waals surface area contributed by atoms with Crippen molar-refractivity contribution in [1.82, 2.24) is 4.98 Å². The van der Waals surface area contributed by atoms with Gasteiger partial charge in [0.15, 0.2) is 0 Å². The van der Waals surface area contributed by atoms with E-state index < -0.39 is 6.10 Å². The third-order valence-electron chi connectivity index (χ3n) is 4.24. The zero-order valence-electron chi connectivity index (χ0n) is 11.7. The van der Waals surface area contributed by atoms with Gasteiger partial charge in [0.25, 0.3) is 0 Å². The molecule has 0 aliphatic heterocycles. The first-order valence-corrected chi connectivity index (χ1v) is 7.55. The molecule has 1 aromatic heterocycles. The topological polar surface area (TPSA) is 33.1 Å². The van der Waals surface area contributed by atoms with E-state index in [9.17, 15) is 5.11 Å². The van der Waals surface area contributed by atoms with Crippen molar-refractivity contribution in [1.29, 1.82) is 0 Å². The van der Waals surface area contributed by atoms with Gasteiger partial charge in [0, 0.05) is 5.56 Å². The van der Waals surface area contributed by atoms with Gasteiger partial charge in [-0.15, -0.1) is 0 Å². The van der Waals surface area contributed by atoms with Crippen LogP contribution in [0, 0.1) is 5.92 Å². The molecule has 2 aromatic rings. The second kappa shape index (κ2) is 6.19. The Kier molecular flexibility index (Phi) is 4.12. The number of aliphatic hydroxyl groups is 1. The molecule has 20 heavy (non-hydrogen) atoms. The van der Waals surface area contributed by atoms with Crippen LogP contribution in [0.1, 0.15) is 43.9 Å². The van der Waals surface area contributed by atoms with Gasteiger partial charge in [0.1, 0.15) is 0 Å². The summed E-state index contributed by atoms with van der Waals surface area (Å²) in [5, 5.41) is 10.6. The number of rotatable bonds is 3. The predicted octanol–water partition coefficient (Wildman–Crippen LogP) is 4.36. The van der Waals surface area contributed by atoms with E-state index in [1.54, 1.807) is 0 Å². The van der Waals surface area contributed by atoms with Crippen LogP contribution in [-0.4, -0.2) is 10.1 Å². The maximum absolute atomic E-state index is 10.6. The Morgan fingerprint density at radius 2 is 1.65 bits per heavy atom. The first-order chi connectivity index (χ1) is 9.84. The van der Waals surface area contributed by atoms with Gasteiger partial charge < -0.3 is 5.11 Å². The number of aromatic nitrogens is 1. The minimum Gasteiger partial charge on any atom is -0.387 e. The Balaban J connectivity index is 1.83. The maximum atomic E-state index is 10.6. The molecular weight excluding hydrogens is 246 g/mol. The van der Waals surface area contributed by atoms with Crippen LogP contribution < -0.4 is 0 Å². The van der Waals surface area contributed by atoms with Gasteiger partial charge in [-0.25, -0.2) is 0 Å². The van der Waals surface area contributed by atoms with Crippen LogP contribution in [0.25, 0.3) is 11.3 Å². The minimum atomic E-state index is -0.418. The largest absolute Gasteiger partial charge is 0.387 e. The highest BCUT2D eigenvalue weighted by Gasteiger charge is 2.24. The molecule has 2 heteroatoms. The van der Waals surface area contributed by atoms with Crippen molar-refractivity contribution in [3.05, 3.63) is 54.2 Å². The summed E-state index contributed by atoms with van der Waals surface area (Å²) < 4.78 is 0. The quantitative estimate of drug-likeness (QED) is 0.896. The zero-order chi connectivity index (χ0) is 13.8. The van der Waals surface area contributed by atoms with E-state index in [0.717, 1.165) is 29.8 Å². The number of benzene rings is 1. The third-order valence-corrected chi connectivity index (χ3v) is 4.24. The normalized spacial score (nSPS) is 17.9. The van der Waals surface area contributed by atoms with Crippen molar-refractivity contribution in [2.75, 3.05) is 0 Å². The molecule has 2 nitrogen and oxygen atoms in total. The molecule has 1 unspecified atom stereocenters. The Hall–Kier alpha value is -1.67. The number of aliphatic hydroxyl groups excluding tert-OH is 1. The summed E-state index contributed by atoms with van der Waals surface area (Å²) in [6, 6.07) is 16.1. The highest BCUT2D eigenvalue weighted by Crippen LogP contribution is 2.34. The zero-order valence-corrected chi connectivity index (χ0v) is 11.7. The summed E-state index contributed by atoms with van der Waals surface area (Å²) in [6.07, 6.45) is 5.61. The number of hydrogen-bond acceptors (Lipinski definition) is 2. The fourth-order valence-electron chi connectivity index (χ4n) is 3.08. The highest BCUT2D eigenvalue weighted by atomic mass is 16.3. The van der Waals surface area contributed by atoms with Crippen molar-refractivity contribution >= 4 is 0 Å². The predicted molar refractivity (Wildman–Crippen MR) is 81.2 cm³/mol. The minimum absolute atomic E-state index is 0.377. The molecule has 0 radical (unpaired) electrons. The van der Waals surface area contributed by atoms with Crippen LogP contribution in [0.2, 0.25) is 0 Å². The highest BCUT2D eigenvalue weighted by molar-refractivity contribution is 5.58. The summed E-state index contributed by atoms with van der Waals surface area (Å²) in [6.45, 7) is 0. The molecule has 1 N–H and O–H groups in total. The molecule has 0 spiro atoms. The monoisotopic (exact) mass is 267 g/mol. The average molecular weight is 267 g/mol. The fourth-order valence-corrected chi connectivity index (χ4v) is 3.08. The van der Waals surface area contributed by atoms with Gasteiger partial charge in [0.05, 0.1) is 17.5 Å². The molecule has 104 valence electrons. The number of pyridine rings is 1. The lowest BCUT2D eigenvalue weighted by atomic mass is 9.84. The lowest BCUT2D eigenvalue weighted by Crippen LogP contribution is -2.17. The Morgan fingerprint density at radius 1 is 0.900 bits per heavy atom. The van der Waals surface area contributed by atoms with Crippen LogP contribution >= 0.6 is 0 Å². The van der Waals surface area contributed by atoms with Gasteiger partial charge in [-0.3, -0.25) is 4.98 Å². The molecule has 3 rings (SSSR count). The molecule has 0 amide bonds. The van der Waals surface area contributed by atoms with E-state index in [4.69, 9.17) is 0 Å². The summed E-state index contributed by atoms with van der Waals surface area (Å²) in [5.74, 6) is 0.377. The molecule has 1 heterocycles. The Morgan fingerprint density at radius 3 is 2.40 bits per heavy atom. The van der Waals surface area contributed by atoms with Crippen molar-refractivity contribution in [3.8, 4) is 11.3 Å². The van der Waals surface area contributed by atoms with E-state index in [-0.39, 0.29) is 0 Å². The van der Waals surface area contributed by atoms with Crippen molar-refractivity contribution in [3.63, 3.8) is 0 Å². The number of nitrogens with zero attached hydrogens (tertiary/aromatic N) is 1. The molecule has 1 aliphatic rings. The van der Waals surface area contributed by atoms with Crippen molar-refractivity contribution in [2.45, 2.75) is 38.2 Å². The molecule has 1 atom stereocenters. The molecule has 1 aromatic carbocycles. The second-order valence-electron chi connectivity index (χ2n) is 5.66. The SMILES string of the molecule is OC(c1cccc(-c2ccccc2)n1)C1CCCCC1. The van der Waals surface area contributed by atoms with Crippen LogP contribution in [0.15, 0.2) is 48.5 Å². The van der Waals surface area contributed by atoms with E-state index in [0.29, 0.717) is 5.92 Å². The van der Waals surface area contributed by atoms with E-state index in [1.807, 2.05) is 36.4 Å². The van der Waals surface area contributed by atoms with E-state index >= 15 is 0 Å². The lowest BCUT2D eigenvalue weighted by Gasteiger charge is -2.26. The molecule has 1 aliphatic carbocycles. The standard InChI is InChI=1S/C18H21NO/c20-18(15-10-5-2-6-11-15)17-13-7-12-16(19-17)14-8-3-1-4-9-14/h1,3-4,7-9,12-13,15,18,20H,2,5-6,10-11H2. The van der Waals surface area contributed by atoms with E-state index in [1.165, 1.54) is 19.3 Å². The van der Waals surface area contributed by atoms with Crippen molar-refractivity contribution < 1.29 is 5.11 Å². The molecule has 0 bridgehead atoms. The molecule has 0 saturated heterocycles. The van der Waals surface area contributed by atoms with Gasteiger partial charge in [-0.2, -0.15) is 0 Å². The first-order valence-electron chi connectivity index (χ1n) is 7.55. The van der Waals surface area contributed by atoms with Gasteiger partial charge in [0.2, 0.25) is 0 Å². The summed E-state index contributed by atoms with van der Waals surface area (Å²) in [5.41, 5.74) is 2.86. The Labute approximate surface area is 120 Å². The summed E-state index contributed by atoms with van der Waals surface area (Å²) in [4.78, 5) is 4.67. The molecule has 1 fully saturated rings. The Bertz CT molecular complexity index is 546. The van der Waals surface area contributed by atoms with Crippen LogP contribution in [0.3, 0.4) is 0 Å². The third kappa shape index (κ3) is 2.91. The summed E-state index contributed by atoms with van der Waals surface area (Å²) >= 11 is 0. The van der Waals surface area contributed by atoms with Gasteiger partial charge in [-0.1, -0.05) is 55.7 Å². The van der Waals surface area contributed by atoms with Crippen molar-refractivity contribution in [2.24, 2.45) is 5.92 Å². The fraction of sp³-hybridized carbons (Fsp3) is 0.389. The second-order valence-corrected chi connectivity index (χ2v) is 5.66. The molecular formula is C18H21NO. The average Bonchev–Trinajstić information content (AvgIpc) is 2.56. The smallest absolute Gasteiger partial charge is 0.0988 e. The summed E-state index contributed by atoms with van der Waals surface area (Å²) in [7, 11) is 0. The van der Waals surface area contributed by atoms with Crippen LogP contribution in [0.5, 0.6) is 0 Å². The van der Waals surface area contributed by atoms with Gasteiger partial charge >= 0.3 is 0 Å². The number of hydrogen-bond donors (Lipinski definition) is 1.